The Morgan fingerprint density at radius 1 is 1.14 bits per heavy atom. The zero-order valence-corrected chi connectivity index (χ0v) is 20.1. The molecule has 1 amide bonds. The molecule has 0 unspecified atom stereocenters. The molecule has 1 aliphatic heterocycles. The van der Waals surface area contributed by atoms with E-state index in [9.17, 15) is 9.59 Å². The predicted octanol–water partition coefficient (Wildman–Crippen LogP) is 4.46. The molecule has 3 heterocycles. The Hall–Kier alpha value is -4.20. The van der Waals surface area contributed by atoms with E-state index in [-0.39, 0.29) is 17.6 Å². The van der Waals surface area contributed by atoms with Gasteiger partial charge in [-0.05, 0) is 67.6 Å². The van der Waals surface area contributed by atoms with Crippen molar-refractivity contribution >= 4 is 34.2 Å². The minimum Gasteiger partial charge on any atom is -0.457 e. The smallest absolute Gasteiger partial charge is 0.234 e. The number of aromatic nitrogens is 3. The molecule has 0 radical (unpaired) electrons. The fourth-order valence-electron chi connectivity index (χ4n) is 5.27. The fraction of sp³-hybridized carbons (Fsp3) is 0.286. The number of ketones is 1. The molecular weight excluding hydrogens is 454 g/mol. The van der Waals surface area contributed by atoms with Gasteiger partial charge in [-0.1, -0.05) is 11.1 Å². The summed E-state index contributed by atoms with van der Waals surface area (Å²) in [6, 6.07) is 13.0. The summed E-state index contributed by atoms with van der Waals surface area (Å²) in [5.41, 5.74) is 4.56. The molecular formula is C28H28N5O3+. The number of fused-ring (bicyclic) bond motifs is 2. The number of Topliss-reactive ketones (excluding diaryl/α,β-unsaturated/α-hetero) is 1. The number of aromatic amines is 2. The first-order valence-electron chi connectivity index (χ1n) is 12.4. The molecule has 2 aromatic carbocycles. The number of aryl methyl sites for hydroxylation is 2. The van der Waals surface area contributed by atoms with E-state index in [1.165, 1.54) is 0 Å². The average molecular weight is 483 g/mol. The standard InChI is InChI=1S/C28H27N5O3/c1-17-15-29-26-25(17)27(31-16-30-26)33-11-9-18(10-12-33)28(35)32-20-3-2-4-21(14-20)36-22-6-7-23-19(13-22)5-8-24(23)34/h2-4,6-7,13-16,18H,5,8-12H2,1H3,(H,32,35)(H,29,30,31)/p+1. The van der Waals surface area contributed by atoms with Gasteiger partial charge in [0.1, 0.15) is 16.9 Å². The number of anilines is 2. The zero-order chi connectivity index (χ0) is 24.6. The lowest BCUT2D eigenvalue weighted by molar-refractivity contribution is -0.367. The highest BCUT2D eigenvalue weighted by atomic mass is 16.5. The van der Waals surface area contributed by atoms with E-state index in [1.807, 2.05) is 48.7 Å². The highest BCUT2D eigenvalue weighted by Gasteiger charge is 2.30. The maximum absolute atomic E-state index is 13.0. The van der Waals surface area contributed by atoms with Crippen LogP contribution in [0.25, 0.3) is 11.0 Å². The van der Waals surface area contributed by atoms with Crippen LogP contribution in [0, 0.1) is 12.8 Å². The number of benzene rings is 2. The van der Waals surface area contributed by atoms with E-state index in [0.717, 1.165) is 65.9 Å². The molecule has 8 heteroatoms. The molecule has 2 aliphatic rings. The van der Waals surface area contributed by atoms with Crippen molar-refractivity contribution in [1.82, 2.24) is 9.97 Å². The van der Waals surface area contributed by atoms with Crippen LogP contribution in [0.3, 0.4) is 0 Å². The summed E-state index contributed by atoms with van der Waals surface area (Å²) >= 11 is 0. The van der Waals surface area contributed by atoms with Gasteiger partial charge in [0.05, 0.1) is 13.1 Å². The van der Waals surface area contributed by atoms with E-state index in [2.05, 4.69) is 32.1 Å². The van der Waals surface area contributed by atoms with Gasteiger partial charge in [0, 0.05) is 35.9 Å². The van der Waals surface area contributed by atoms with Crippen molar-refractivity contribution in [3.63, 3.8) is 0 Å². The van der Waals surface area contributed by atoms with Gasteiger partial charge in [0.15, 0.2) is 5.78 Å². The largest absolute Gasteiger partial charge is 0.457 e. The lowest BCUT2D eigenvalue weighted by Crippen LogP contribution is -2.40. The van der Waals surface area contributed by atoms with Crippen LogP contribution in [-0.2, 0) is 11.2 Å². The first kappa shape index (κ1) is 22.3. The van der Waals surface area contributed by atoms with Crippen molar-refractivity contribution < 1.29 is 19.3 Å². The Labute approximate surface area is 208 Å². The van der Waals surface area contributed by atoms with Crippen LogP contribution in [0.1, 0.15) is 40.7 Å². The molecule has 6 rings (SSSR count). The van der Waals surface area contributed by atoms with Crippen LogP contribution in [0.2, 0.25) is 0 Å². The molecule has 1 fully saturated rings. The zero-order valence-electron chi connectivity index (χ0n) is 20.1. The first-order chi connectivity index (χ1) is 17.5. The van der Waals surface area contributed by atoms with Gasteiger partial charge in [-0.2, -0.15) is 0 Å². The molecule has 0 bridgehead atoms. The van der Waals surface area contributed by atoms with E-state index in [0.29, 0.717) is 23.6 Å². The third-order valence-electron chi connectivity index (χ3n) is 7.21. The lowest BCUT2D eigenvalue weighted by Gasteiger charge is -2.28. The molecule has 3 N–H and O–H groups in total. The van der Waals surface area contributed by atoms with Crippen LogP contribution in [0.4, 0.5) is 11.5 Å². The topological polar surface area (TPSA) is 101 Å². The third kappa shape index (κ3) is 4.19. The molecule has 8 nitrogen and oxygen atoms in total. The van der Waals surface area contributed by atoms with Crippen molar-refractivity contribution in [2.75, 3.05) is 23.3 Å². The number of rotatable bonds is 5. The number of hydrogen-bond acceptors (Lipinski definition) is 5. The highest BCUT2D eigenvalue weighted by Crippen LogP contribution is 2.31. The van der Waals surface area contributed by atoms with E-state index < -0.39 is 0 Å². The number of ether oxygens (including phenoxy) is 1. The molecule has 0 spiro atoms. The summed E-state index contributed by atoms with van der Waals surface area (Å²) < 4.78 is 6.03. The van der Waals surface area contributed by atoms with E-state index in [1.54, 1.807) is 6.33 Å². The van der Waals surface area contributed by atoms with Crippen molar-refractivity contribution in [3.05, 3.63) is 71.7 Å². The molecule has 182 valence electrons. The Morgan fingerprint density at radius 2 is 1.97 bits per heavy atom. The maximum atomic E-state index is 13.0. The molecule has 4 aromatic rings. The minimum absolute atomic E-state index is 0.0320. The second-order valence-electron chi connectivity index (χ2n) is 9.57. The average Bonchev–Trinajstić information content (AvgIpc) is 3.46. The molecule has 0 saturated carbocycles. The Morgan fingerprint density at radius 3 is 2.83 bits per heavy atom. The number of H-pyrrole nitrogens is 2. The Bertz CT molecular complexity index is 1470. The van der Waals surface area contributed by atoms with Crippen LogP contribution in [0.15, 0.2) is 55.0 Å². The number of carbonyl (C=O) groups is 2. The van der Waals surface area contributed by atoms with Gasteiger partial charge in [0.2, 0.25) is 23.7 Å². The lowest BCUT2D eigenvalue weighted by atomic mass is 9.95. The molecule has 0 atom stereocenters. The molecule has 1 aliphatic carbocycles. The summed E-state index contributed by atoms with van der Waals surface area (Å²) in [7, 11) is 0. The Balaban J connectivity index is 1.09. The number of hydrogen-bond donors (Lipinski definition) is 2. The highest BCUT2D eigenvalue weighted by molar-refractivity contribution is 6.00. The van der Waals surface area contributed by atoms with Gasteiger partial charge >= 0.3 is 0 Å². The minimum atomic E-state index is -0.0512. The SMILES string of the molecule is Cc1c[nH]c2nc[nH+]c(N3CCC(C(=O)Nc4cccc(Oc5ccc6c(c5)CCC6=O)c4)CC3)c12. The normalized spacial score (nSPS) is 15.8. The number of amides is 1. The maximum Gasteiger partial charge on any atom is 0.234 e. The predicted molar refractivity (Wildman–Crippen MR) is 137 cm³/mol. The van der Waals surface area contributed by atoms with E-state index >= 15 is 0 Å². The van der Waals surface area contributed by atoms with Crippen molar-refractivity contribution in [1.29, 1.82) is 0 Å². The second kappa shape index (κ2) is 9.11. The van der Waals surface area contributed by atoms with Gasteiger partial charge in [-0.3, -0.25) is 14.5 Å². The summed E-state index contributed by atoms with van der Waals surface area (Å²) in [4.78, 5) is 38.1. The third-order valence-corrected chi connectivity index (χ3v) is 7.21. The van der Waals surface area contributed by atoms with Crippen molar-refractivity contribution in [2.45, 2.75) is 32.6 Å². The quantitative estimate of drug-likeness (QED) is 0.437. The van der Waals surface area contributed by atoms with E-state index in [4.69, 9.17) is 4.74 Å². The monoisotopic (exact) mass is 482 g/mol. The number of piperidine rings is 1. The summed E-state index contributed by atoms with van der Waals surface area (Å²) in [5, 5.41) is 4.17. The van der Waals surface area contributed by atoms with Crippen LogP contribution >= 0.6 is 0 Å². The van der Waals surface area contributed by atoms with Crippen LogP contribution in [-0.4, -0.2) is 34.7 Å². The summed E-state index contributed by atoms with van der Waals surface area (Å²) in [6.45, 7) is 3.66. The Kier molecular flexibility index (Phi) is 5.64. The fourth-order valence-corrected chi connectivity index (χ4v) is 5.27. The van der Waals surface area contributed by atoms with Crippen molar-refractivity contribution in [2.24, 2.45) is 5.92 Å². The molecule has 1 saturated heterocycles. The first-order valence-corrected chi connectivity index (χ1v) is 12.4. The van der Waals surface area contributed by atoms with Crippen LogP contribution < -0.4 is 19.9 Å². The van der Waals surface area contributed by atoms with Crippen LogP contribution in [0.5, 0.6) is 11.5 Å². The van der Waals surface area contributed by atoms with Gasteiger partial charge in [-0.15, -0.1) is 0 Å². The van der Waals surface area contributed by atoms with Gasteiger partial charge in [0.25, 0.3) is 0 Å². The molecule has 2 aromatic heterocycles. The number of nitrogens with zero attached hydrogens (tertiary/aromatic N) is 2. The number of nitrogens with one attached hydrogen (secondary N) is 3. The molecule has 36 heavy (non-hydrogen) atoms. The summed E-state index contributed by atoms with van der Waals surface area (Å²) in [6.07, 6.45) is 6.56. The summed E-state index contributed by atoms with van der Waals surface area (Å²) in [5.74, 6) is 2.57. The van der Waals surface area contributed by atoms with Gasteiger partial charge in [-0.25, -0.2) is 4.98 Å². The van der Waals surface area contributed by atoms with Crippen molar-refractivity contribution in [3.8, 4) is 11.5 Å². The van der Waals surface area contributed by atoms with Gasteiger partial charge < -0.3 is 15.0 Å². The second-order valence-corrected chi connectivity index (χ2v) is 9.57. The number of carbonyl (C=O) groups excluding carboxylic acids is 2.